The fourth-order valence-electron chi connectivity index (χ4n) is 2.51. The Labute approximate surface area is 123 Å². The highest BCUT2D eigenvalue weighted by Gasteiger charge is 2.31. The number of hydrogen-bond acceptors (Lipinski definition) is 5. The van der Waals surface area contributed by atoms with Crippen LogP contribution in [0, 0.1) is 12.8 Å². The summed E-state index contributed by atoms with van der Waals surface area (Å²) in [5.41, 5.74) is -0.497. The molecule has 1 aromatic heterocycles. The van der Waals surface area contributed by atoms with E-state index in [0.29, 0.717) is 30.4 Å². The lowest BCUT2D eigenvalue weighted by atomic mass is 9.79. The molecule has 1 aromatic rings. The second kappa shape index (κ2) is 6.06. The van der Waals surface area contributed by atoms with Crippen LogP contribution in [-0.2, 0) is 0 Å². The molecule has 1 fully saturated rings. The number of nitrogens with one attached hydrogen (secondary N) is 1. The van der Waals surface area contributed by atoms with Crippen molar-refractivity contribution in [3.63, 3.8) is 0 Å². The maximum absolute atomic E-state index is 11.1. The zero-order valence-electron chi connectivity index (χ0n) is 11.8. The van der Waals surface area contributed by atoms with Crippen LogP contribution in [0.15, 0.2) is 0 Å². The first-order valence-electron chi connectivity index (χ1n) is 6.89. The van der Waals surface area contributed by atoms with Crippen molar-refractivity contribution in [1.29, 1.82) is 0 Å². The third-order valence-electron chi connectivity index (χ3n) is 3.92. The molecule has 110 valence electrons. The molecular weight excluding hydrogens is 278 g/mol. The van der Waals surface area contributed by atoms with Gasteiger partial charge in [-0.05, 0) is 38.5 Å². The molecule has 0 aliphatic heterocycles. The summed E-state index contributed by atoms with van der Waals surface area (Å²) in [5, 5.41) is 13.7. The number of carbonyl (C=O) groups is 1. The van der Waals surface area contributed by atoms with E-state index in [-0.39, 0.29) is 10.7 Å². The van der Waals surface area contributed by atoms with Gasteiger partial charge in [-0.2, -0.15) is 0 Å². The Morgan fingerprint density at radius 1 is 1.45 bits per heavy atom. The van der Waals surface area contributed by atoms with Gasteiger partial charge >= 0.3 is 0 Å². The quantitative estimate of drug-likeness (QED) is 0.660. The minimum Gasteiger partial charge on any atom is -0.388 e. The molecule has 0 atom stereocenters. The van der Waals surface area contributed by atoms with Gasteiger partial charge in [0.25, 0.3) is 0 Å². The Kier molecular flexibility index (Phi) is 4.60. The molecule has 0 saturated heterocycles. The topological polar surface area (TPSA) is 75.1 Å². The molecule has 2 N–H and O–H groups in total. The Hall–Kier alpha value is -1.20. The first kappa shape index (κ1) is 15.2. The van der Waals surface area contributed by atoms with Gasteiger partial charge in [-0.15, -0.1) is 0 Å². The lowest BCUT2D eigenvalue weighted by molar-refractivity contribution is 0.00492. The van der Waals surface area contributed by atoms with Gasteiger partial charge in [-0.1, -0.05) is 18.5 Å². The van der Waals surface area contributed by atoms with Gasteiger partial charge in [0.2, 0.25) is 0 Å². The van der Waals surface area contributed by atoms with Crippen molar-refractivity contribution in [2.45, 2.75) is 45.1 Å². The Morgan fingerprint density at radius 3 is 2.70 bits per heavy atom. The second-order valence-corrected chi connectivity index (χ2v) is 6.06. The number of nitrogens with zero attached hydrogens (tertiary/aromatic N) is 2. The molecule has 0 amide bonds. The molecule has 0 spiro atoms. The predicted molar refractivity (Wildman–Crippen MR) is 78.2 cm³/mol. The highest BCUT2D eigenvalue weighted by Crippen LogP contribution is 2.32. The van der Waals surface area contributed by atoms with Gasteiger partial charge in [0, 0.05) is 6.54 Å². The van der Waals surface area contributed by atoms with E-state index in [2.05, 4.69) is 22.2 Å². The third kappa shape index (κ3) is 3.46. The fourth-order valence-corrected chi connectivity index (χ4v) is 2.77. The standard InChI is InChI=1S/C14H20ClN3O2/c1-9-3-5-14(20,6-4-9)8-16-13-11(7-19)12(15)17-10(2)18-13/h7,9,20H,3-6,8H2,1-2H3,(H,16,17,18). The van der Waals surface area contributed by atoms with Crippen LogP contribution in [0.3, 0.4) is 0 Å². The Bertz CT molecular complexity index is 499. The molecule has 1 aliphatic rings. The average Bonchev–Trinajstić information content (AvgIpc) is 2.40. The molecule has 0 aromatic carbocycles. The van der Waals surface area contributed by atoms with E-state index < -0.39 is 5.60 Å². The summed E-state index contributed by atoms with van der Waals surface area (Å²) in [6.07, 6.45) is 4.19. The number of aromatic nitrogens is 2. The Morgan fingerprint density at radius 2 is 2.10 bits per heavy atom. The van der Waals surface area contributed by atoms with E-state index in [1.54, 1.807) is 6.92 Å². The van der Waals surface area contributed by atoms with Gasteiger partial charge in [0.15, 0.2) is 6.29 Å². The molecule has 20 heavy (non-hydrogen) atoms. The van der Waals surface area contributed by atoms with Crippen LogP contribution in [0.25, 0.3) is 0 Å². The number of halogens is 1. The smallest absolute Gasteiger partial charge is 0.156 e. The highest BCUT2D eigenvalue weighted by molar-refractivity contribution is 6.32. The molecule has 1 aliphatic carbocycles. The van der Waals surface area contributed by atoms with Crippen molar-refractivity contribution >= 4 is 23.7 Å². The van der Waals surface area contributed by atoms with Crippen molar-refractivity contribution in [2.24, 2.45) is 5.92 Å². The molecular formula is C14H20ClN3O2. The first-order chi connectivity index (χ1) is 9.43. The molecule has 0 bridgehead atoms. The average molecular weight is 298 g/mol. The molecule has 2 rings (SSSR count). The Balaban J connectivity index is 2.09. The highest BCUT2D eigenvalue weighted by atomic mass is 35.5. The lowest BCUT2D eigenvalue weighted by Crippen LogP contribution is -2.40. The number of aryl methyl sites for hydroxylation is 1. The van der Waals surface area contributed by atoms with Crippen LogP contribution in [0.1, 0.15) is 48.8 Å². The van der Waals surface area contributed by atoms with Crippen LogP contribution in [0.2, 0.25) is 5.15 Å². The minimum absolute atomic E-state index is 0.138. The lowest BCUT2D eigenvalue weighted by Gasteiger charge is -2.35. The van der Waals surface area contributed by atoms with Crippen LogP contribution >= 0.6 is 11.6 Å². The monoisotopic (exact) mass is 297 g/mol. The first-order valence-corrected chi connectivity index (χ1v) is 7.27. The van der Waals surface area contributed by atoms with Crippen LogP contribution in [0.4, 0.5) is 5.82 Å². The number of aldehydes is 1. The van der Waals surface area contributed by atoms with E-state index >= 15 is 0 Å². The zero-order chi connectivity index (χ0) is 14.8. The third-order valence-corrected chi connectivity index (χ3v) is 4.21. The minimum atomic E-state index is -0.738. The summed E-state index contributed by atoms with van der Waals surface area (Å²) >= 11 is 5.93. The van der Waals surface area contributed by atoms with E-state index in [9.17, 15) is 9.90 Å². The number of anilines is 1. The van der Waals surface area contributed by atoms with Crippen molar-refractivity contribution in [3.8, 4) is 0 Å². The summed E-state index contributed by atoms with van der Waals surface area (Å²) < 4.78 is 0. The van der Waals surface area contributed by atoms with E-state index in [4.69, 9.17) is 11.6 Å². The van der Waals surface area contributed by atoms with Crippen molar-refractivity contribution < 1.29 is 9.90 Å². The summed E-state index contributed by atoms with van der Waals surface area (Å²) in [6.45, 7) is 4.28. The second-order valence-electron chi connectivity index (χ2n) is 5.70. The normalized spacial score (nSPS) is 26.3. The maximum atomic E-state index is 11.1. The van der Waals surface area contributed by atoms with Gasteiger partial charge in [-0.25, -0.2) is 9.97 Å². The van der Waals surface area contributed by atoms with Gasteiger partial charge in [0.05, 0.1) is 11.2 Å². The maximum Gasteiger partial charge on any atom is 0.156 e. The zero-order valence-corrected chi connectivity index (χ0v) is 12.6. The number of carbonyl (C=O) groups excluding carboxylic acids is 1. The van der Waals surface area contributed by atoms with Crippen molar-refractivity contribution in [3.05, 3.63) is 16.5 Å². The van der Waals surface area contributed by atoms with Crippen LogP contribution in [0.5, 0.6) is 0 Å². The molecule has 0 unspecified atom stereocenters. The molecule has 1 heterocycles. The van der Waals surface area contributed by atoms with Gasteiger partial charge in [-0.3, -0.25) is 4.79 Å². The predicted octanol–water partition coefficient (Wildman–Crippen LogP) is 2.60. The summed E-state index contributed by atoms with van der Waals surface area (Å²) in [5.74, 6) is 1.55. The van der Waals surface area contributed by atoms with Crippen LogP contribution in [-0.4, -0.2) is 33.5 Å². The van der Waals surface area contributed by atoms with Crippen molar-refractivity contribution in [1.82, 2.24) is 9.97 Å². The number of rotatable bonds is 4. The summed E-state index contributed by atoms with van der Waals surface area (Å²) in [4.78, 5) is 19.2. The summed E-state index contributed by atoms with van der Waals surface area (Å²) in [6, 6.07) is 0. The van der Waals surface area contributed by atoms with E-state index in [0.717, 1.165) is 25.7 Å². The van der Waals surface area contributed by atoms with Gasteiger partial charge < -0.3 is 10.4 Å². The number of aliphatic hydroxyl groups is 1. The van der Waals surface area contributed by atoms with E-state index in [1.807, 2.05) is 0 Å². The van der Waals surface area contributed by atoms with E-state index in [1.165, 1.54) is 0 Å². The van der Waals surface area contributed by atoms with Gasteiger partial charge in [0.1, 0.15) is 16.8 Å². The van der Waals surface area contributed by atoms with Crippen LogP contribution < -0.4 is 5.32 Å². The molecule has 1 saturated carbocycles. The molecule has 5 nitrogen and oxygen atoms in total. The van der Waals surface area contributed by atoms with Crippen molar-refractivity contribution in [2.75, 3.05) is 11.9 Å². The molecule has 0 radical (unpaired) electrons. The SMILES string of the molecule is Cc1nc(Cl)c(C=O)c(NCC2(O)CCC(C)CC2)n1. The molecule has 6 heteroatoms. The summed E-state index contributed by atoms with van der Waals surface area (Å²) in [7, 11) is 0. The number of hydrogen-bond donors (Lipinski definition) is 2. The fraction of sp³-hybridized carbons (Fsp3) is 0.643. The largest absolute Gasteiger partial charge is 0.388 e.